The standard InChI is InChI=1S/C14H18N2O4S/c15-21(17,18)20-11-7-8-12-13(9-11)19-16-14(12)10-5-3-1-2-4-6-10/h7-10H,1-6H2,(H2,15,17,18). The molecule has 0 atom stereocenters. The highest BCUT2D eigenvalue weighted by atomic mass is 32.2. The largest absolute Gasteiger partial charge is 0.380 e. The van der Waals surface area contributed by atoms with Crippen molar-refractivity contribution in [2.24, 2.45) is 5.14 Å². The SMILES string of the molecule is NS(=O)(=O)Oc1ccc2c(C3CCCCCC3)noc2c1. The second kappa shape index (κ2) is 5.65. The molecule has 2 aromatic rings. The maximum Gasteiger partial charge on any atom is 0.380 e. The number of hydrogen-bond donors (Lipinski definition) is 1. The van der Waals surface area contributed by atoms with Gasteiger partial charge in [-0.3, -0.25) is 0 Å². The summed E-state index contributed by atoms with van der Waals surface area (Å²) < 4.78 is 31.9. The van der Waals surface area contributed by atoms with E-state index in [1.807, 2.05) is 0 Å². The lowest BCUT2D eigenvalue weighted by Crippen LogP contribution is -2.18. The smallest absolute Gasteiger partial charge is 0.371 e. The summed E-state index contributed by atoms with van der Waals surface area (Å²) >= 11 is 0. The van der Waals surface area contributed by atoms with E-state index in [-0.39, 0.29) is 5.75 Å². The monoisotopic (exact) mass is 310 g/mol. The van der Waals surface area contributed by atoms with Crippen LogP contribution in [0.5, 0.6) is 5.75 Å². The van der Waals surface area contributed by atoms with Gasteiger partial charge in [-0.2, -0.15) is 13.6 Å². The minimum atomic E-state index is -4.03. The van der Waals surface area contributed by atoms with E-state index < -0.39 is 10.3 Å². The summed E-state index contributed by atoms with van der Waals surface area (Å²) in [6, 6.07) is 4.86. The maximum atomic E-state index is 10.9. The molecule has 2 N–H and O–H groups in total. The van der Waals surface area contributed by atoms with Gasteiger partial charge in [0.15, 0.2) is 5.58 Å². The van der Waals surface area contributed by atoms with Crippen LogP contribution in [0.25, 0.3) is 11.0 Å². The molecule has 0 spiro atoms. The predicted molar refractivity (Wildman–Crippen MR) is 78.2 cm³/mol. The van der Waals surface area contributed by atoms with Gasteiger partial charge in [-0.25, -0.2) is 0 Å². The first-order valence-corrected chi connectivity index (χ1v) is 8.61. The molecule has 0 unspecified atom stereocenters. The molecule has 3 rings (SSSR count). The van der Waals surface area contributed by atoms with Crippen LogP contribution in [0.2, 0.25) is 0 Å². The van der Waals surface area contributed by atoms with Gasteiger partial charge in [-0.15, -0.1) is 0 Å². The van der Waals surface area contributed by atoms with Crippen LogP contribution in [0.1, 0.15) is 50.1 Å². The van der Waals surface area contributed by atoms with Gasteiger partial charge in [0.1, 0.15) is 5.75 Å². The number of hydrogen-bond acceptors (Lipinski definition) is 5. The van der Waals surface area contributed by atoms with Crippen molar-refractivity contribution in [2.45, 2.75) is 44.4 Å². The third-order valence-electron chi connectivity index (χ3n) is 3.93. The average molecular weight is 310 g/mol. The van der Waals surface area contributed by atoms with Crippen LogP contribution in [0.15, 0.2) is 22.7 Å². The lowest BCUT2D eigenvalue weighted by Gasteiger charge is -2.10. The molecule has 1 aromatic carbocycles. The second-order valence-electron chi connectivity index (χ2n) is 5.49. The van der Waals surface area contributed by atoms with Gasteiger partial charge in [-0.05, 0) is 25.0 Å². The lowest BCUT2D eigenvalue weighted by atomic mass is 9.94. The molecule has 0 amide bonds. The first-order valence-electron chi connectivity index (χ1n) is 7.14. The van der Waals surface area contributed by atoms with Gasteiger partial charge in [0.05, 0.1) is 5.69 Å². The molecule has 0 aliphatic heterocycles. The van der Waals surface area contributed by atoms with Crippen LogP contribution in [-0.2, 0) is 10.3 Å². The van der Waals surface area contributed by atoms with Gasteiger partial charge in [0, 0.05) is 17.4 Å². The summed E-state index contributed by atoms with van der Waals surface area (Å²) in [6.07, 6.45) is 7.22. The van der Waals surface area contributed by atoms with Crippen LogP contribution < -0.4 is 9.32 Å². The summed E-state index contributed by atoms with van der Waals surface area (Å²) in [7, 11) is -4.03. The first kappa shape index (κ1) is 14.3. The molecule has 7 heteroatoms. The molecule has 1 saturated carbocycles. The van der Waals surface area contributed by atoms with Gasteiger partial charge >= 0.3 is 10.3 Å². The van der Waals surface area contributed by atoms with Crippen molar-refractivity contribution in [2.75, 3.05) is 0 Å². The van der Waals surface area contributed by atoms with Crippen LogP contribution in [0.4, 0.5) is 0 Å². The van der Waals surface area contributed by atoms with E-state index >= 15 is 0 Å². The molecular formula is C14H18N2O4S. The van der Waals surface area contributed by atoms with Crippen molar-refractivity contribution in [1.82, 2.24) is 5.16 Å². The minimum absolute atomic E-state index is 0.133. The van der Waals surface area contributed by atoms with Gasteiger partial charge in [0.2, 0.25) is 0 Å². The number of benzene rings is 1. The van der Waals surface area contributed by atoms with E-state index in [0.717, 1.165) is 23.9 Å². The summed E-state index contributed by atoms with van der Waals surface area (Å²) in [5.41, 5.74) is 1.49. The summed E-state index contributed by atoms with van der Waals surface area (Å²) in [6.45, 7) is 0. The Morgan fingerprint density at radius 3 is 2.57 bits per heavy atom. The van der Waals surface area contributed by atoms with Crippen LogP contribution in [0, 0.1) is 0 Å². The van der Waals surface area contributed by atoms with E-state index in [2.05, 4.69) is 9.34 Å². The highest BCUT2D eigenvalue weighted by Gasteiger charge is 2.21. The minimum Gasteiger partial charge on any atom is -0.371 e. The van der Waals surface area contributed by atoms with Crippen molar-refractivity contribution in [3.63, 3.8) is 0 Å². The molecule has 0 radical (unpaired) electrons. The lowest BCUT2D eigenvalue weighted by molar-refractivity contribution is 0.427. The first-order chi connectivity index (χ1) is 10.0. The van der Waals surface area contributed by atoms with E-state index in [1.54, 1.807) is 12.1 Å². The fraction of sp³-hybridized carbons (Fsp3) is 0.500. The second-order valence-corrected chi connectivity index (χ2v) is 6.64. The molecule has 0 bridgehead atoms. The number of fused-ring (bicyclic) bond motifs is 1. The molecule has 114 valence electrons. The predicted octanol–water partition coefficient (Wildman–Crippen LogP) is 2.85. The Kier molecular flexibility index (Phi) is 3.86. The molecule has 1 aromatic heterocycles. The third kappa shape index (κ3) is 3.36. The highest BCUT2D eigenvalue weighted by molar-refractivity contribution is 7.84. The Labute approximate surface area is 123 Å². The van der Waals surface area contributed by atoms with E-state index in [4.69, 9.17) is 9.66 Å². The van der Waals surface area contributed by atoms with Gasteiger partial charge < -0.3 is 8.71 Å². The van der Waals surface area contributed by atoms with Gasteiger partial charge in [-0.1, -0.05) is 30.8 Å². The summed E-state index contributed by atoms with van der Waals surface area (Å²) in [5, 5.41) is 9.96. The van der Waals surface area contributed by atoms with E-state index in [1.165, 1.54) is 31.7 Å². The topological polar surface area (TPSA) is 95.4 Å². The molecule has 1 heterocycles. The Hall–Kier alpha value is -1.60. The van der Waals surface area contributed by atoms with Crippen LogP contribution in [-0.4, -0.2) is 13.6 Å². The third-order valence-corrected chi connectivity index (χ3v) is 4.35. The Morgan fingerprint density at radius 1 is 1.19 bits per heavy atom. The number of nitrogens with zero attached hydrogens (tertiary/aromatic N) is 1. The average Bonchev–Trinajstić information content (AvgIpc) is 2.64. The number of nitrogens with two attached hydrogens (primary N) is 1. The quantitative estimate of drug-likeness (QED) is 0.879. The molecule has 1 fully saturated rings. The maximum absolute atomic E-state index is 10.9. The summed E-state index contributed by atoms with van der Waals surface area (Å²) in [4.78, 5) is 0. The van der Waals surface area contributed by atoms with Crippen molar-refractivity contribution in [3.05, 3.63) is 23.9 Å². The van der Waals surface area contributed by atoms with Crippen LogP contribution in [0.3, 0.4) is 0 Å². The van der Waals surface area contributed by atoms with E-state index in [0.29, 0.717) is 11.5 Å². The molecule has 1 aliphatic rings. The normalized spacial score (nSPS) is 17.8. The zero-order valence-electron chi connectivity index (χ0n) is 11.6. The molecule has 1 aliphatic carbocycles. The zero-order valence-corrected chi connectivity index (χ0v) is 12.4. The van der Waals surface area contributed by atoms with Crippen molar-refractivity contribution in [1.29, 1.82) is 0 Å². The number of aromatic nitrogens is 1. The molecule has 6 nitrogen and oxygen atoms in total. The Balaban J connectivity index is 1.91. The van der Waals surface area contributed by atoms with Crippen LogP contribution >= 0.6 is 0 Å². The van der Waals surface area contributed by atoms with Gasteiger partial charge in [0.25, 0.3) is 0 Å². The fourth-order valence-electron chi connectivity index (χ4n) is 2.97. The number of rotatable bonds is 3. The van der Waals surface area contributed by atoms with E-state index in [9.17, 15) is 8.42 Å². The zero-order chi connectivity index (χ0) is 14.9. The van der Waals surface area contributed by atoms with Crippen molar-refractivity contribution < 1.29 is 17.1 Å². The Morgan fingerprint density at radius 2 is 1.90 bits per heavy atom. The van der Waals surface area contributed by atoms with Crippen molar-refractivity contribution >= 4 is 21.3 Å². The molecule has 0 saturated heterocycles. The molecular weight excluding hydrogens is 292 g/mol. The summed E-state index contributed by atoms with van der Waals surface area (Å²) in [5.74, 6) is 0.548. The molecule has 21 heavy (non-hydrogen) atoms. The fourth-order valence-corrected chi connectivity index (χ4v) is 3.34. The van der Waals surface area contributed by atoms with Crippen molar-refractivity contribution in [3.8, 4) is 5.75 Å². The Bertz CT molecular complexity index is 731. The highest BCUT2D eigenvalue weighted by Crippen LogP contribution is 2.35.